The van der Waals surface area contributed by atoms with Crippen molar-refractivity contribution in [2.75, 3.05) is 7.05 Å². The number of hydrogen-bond donors (Lipinski definition) is 1. The lowest BCUT2D eigenvalue weighted by atomic mass is 9.99. The molecule has 0 aliphatic rings. The van der Waals surface area contributed by atoms with Gasteiger partial charge >= 0.3 is 0 Å². The molecule has 1 unspecified atom stereocenters. The van der Waals surface area contributed by atoms with Gasteiger partial charge in [0, 0.05) is 20.6 Å². The van der Waals surface area contributed by atoms with Crippen LogP contribution in [0.2, 0.25) is 10.0 Å². The molecule has 20 heavy (non-hydrogen) atoms. The van der Waals surface area contributed by atoms with Crippen LogP contribution in [0.25, 0.3) is 0 Å². The molecule has 5 heteroatoms. The largest absolute Gasteiger partial charge is 0.313 e. The number of rotatable bonds is 4. The molecule has 0 heterocycles. The van der Waals surface area contributed by atoms with Crippen LogP contribution in [0, 0.1) is 5.82 Å². The minimum Gasteiger partial charge on any atom is -0.313 e. The summed E-state index contributed by atoms with van der Waals surface area (Å²) in [5.74, 6) is -0.256. The summed E-state index contributed by atoms with van der Waals surface area (Å²) in [6.07, 6.45) is 0.642. The summed E-state index contributed by atoms with van der Waals surface area (Å²) in [5.41, 5.74) is 1.87. The zero-order valence-electron chi connectivity index (χ0n) is 10.8. The highest BCUT2D eigenvalue weighted by molar-refractivity contribution is 9.10. The van der Waals surface area contributed by atoms with Crippen molar-refractivity contribution in [2.45, 2.75) is 12.5 Å². The van der Waals surface area contributed by atoms with E-state index < -0.39 is 0 Å². The number of hydrogen-bond acceptors (Lipinski definition) is 1. The monoisotopic (exact) mass is 375 g/mol. The van der Waals surface area contributed by atoms with Crippen LogP contribution in [0.3, 0.4) is 0 Å². The first-order chi connectivity index (χ1) is 9.47. The second-order valence-corrected chi connectivity index (χ2v) is 6.31. The van der Waals surface area contributed by atoms with Crippen LogP contribution in [0.15, 0.2) is 40.9 Å². The van der Waals surface area contributed by atoms with Gasteiger partial charge in [0.2, 0.25) is 0 Å². The van der Waals surface area contributed by atoms with E-state index in [0.717, 1.165) is 15.6 Å². The third-order valence-electron chi connectivity index (χ3n) is 3.00. The Hall–Kier alpha value is -0.610. The Morgan fingerprint density at radius 1 is 1.10 bits per heavy atom. The molecule has 2 rings (SSSR count). The van der Waals surface area contributed by atoms with Crippen molar-refractivity contribution in [2.24, 2.45) is 0 Å². The summed E-state index contributed by atoms with van der Waals surface area (Å²) in [4.78, 5) is 0. The SMILES string of the molecule is CNC(Cc1cc(F)cc(Br)c1)c1cc(Cl)cc(Cl)c1. The van der Waals surface area contributed by atoms with E-state index in [4.69, 9.17) is 23.2 Å². The van der Waals surface area contributed by atoms with Crippen LogP contribution < -0.4 is 5.32 Å². The van der Waals surface area contributed by atoms with Crippen molar-refractivity contribution in [3.63, 3.8) is 0 Å². The molecule has 0 aliphatic heterocycles. The van der Waals surface area contributed by atoms with Crippen LogP contribution in [0.4, 0.5) is 4.39 Å². The van der Waals surface area contributed by atoms with Crippen LogP contribution in [-0.2, 0) is 6.42 Å². The van der Waals surface area contributed by atoms with E-state index in [-0.39, 0.29) is 11.9 Å². The van der Waals surface area contributed by atoms with E-state index in [2.05, 4.69) is 21.2 Å². The minimum absolute atomic E-state index is 0.0138. The Labute approximate surface area is 136 Å². The summed E-state index contributed by atoms with van der Waals surface area (Å²) in [6.45, 7) is 0. The summed E-state index contributed by atoms with van der Waals surface area (Å²) < 4.78 is 14.1. The van der Waals surface area contributed by atoms with Crippen molar-refractivity contribution in [3.8, 4) is 0 Å². The zero-order valence-corrected chi connectivity index (χ0v) is 13.9. The first-order valence-electron chi connectivity index (χ1n) is 6.06. The van der Waals surface area contributed by atoms with Gasteiger partial charge in [-0.1, -0.05) is 39.1 Å². The van der Waals surface area contributed by atoms with Crippen molar-refractivity contribution >= 4 is 39.1 Å². The molecule has 2 aromatic carbocycles. The third-order valence-corrected chi connectivity index (χ3v) is 3.89. The van der Waals surface area contributed by atoms with Crippen molar-refractivity contribution in [1.82, 2.24) is 5.32 Å². The van der Waals surface area contributed by atoms with Gasteiger partial charge in [0.25, 0.3) is 0 Å². The summed E-state index contributed by atoms with van der Waals surface area (Å²) >= 11 is 15.4. The standard InChI is InChI=1S/C15H13BrCl2FN/c1-20-15(10-5-12(17)8-13(18)6-10)4-9-2-11(16)7-14(19)3-9/h2-3,5-8,15,20H,4H2,1H3. The molecule has 0 bridgehead atoms. The minimum atomic E-state index is -0.256. The molecule has 0 aromatic heterocycles. The highest BCUT2D eigenvalue weighted by Gasteiger charge is 2.13. The van der Waals surface area contributed by atoms with Crippen LogP contribution in [-0.4, -0.2) is 7.05 Å². The predicted molar refractivity (Wildman–Crippen MR) is 86.1 cm³/mol. The van der Waals surface area contributed by atoms with Crippen LogP contribution >= 0.6 is 39.1 Å². The van der Waals surface area contributed by atoms with Gasteiger partial charge in [-0.25, -0.2) is 4.39 Å². The third kappa shape index (κ3) is 4.19. The molecule has 0 amide bonds. The van der Waals surface area contributed by atoms with E-state index in [9.17, 15) is 4.39 Å². The Kier molecular flexibility index (Phi) is 5.44. The lowest BCUT2D eigenvalue weighted by molar-refractivity contribution is 0.584. The summed E-state index contributed by atoms with van der Waals surface area (Å²) in [6, 6.07) is 10.3. The second kappa shape index (κ2) is 6.90. The Morgan fingerprint density at radius 3 is 2.30 bits per heavy atom. The molecule has 0 saturated carbocycles. The summed E-state index contributed by atoms with van der Waals surface area (Å²) in [7, 11) is 1.85. The smallest absolute Gasteiger partial charge is 0.124 e. The molecule has 2 aromatic rings. The molecule has 0 radical (unpaired) electrons. The fraction of sp³-hybridized carbons (Fsp3) is 0.200. The van der Waals surface area contributed by atoms with Crippen molar-refractivity contribution in [1.29, 1.82) is 0 Å². The maximum atomic E-state index is 13.4. The zero-order chi connectivity index (χ0) is 14.7. The van der Waals surface area contributed by atoms with E-state index in [1.165, 1.54) is 12.1 Å². The molecule has 106 valence electrons. The van der Waals surface area contributed by atoms with E-state index in [1.54, 1.807) is 6.07 Å². The Balaban J connectivity index is 2.28. The molecular weight excluding hydrogens is 364 g/mol. The normalized spacial score (nSPS) is 12.4. The van der Waals surface area contributed by atoms with Crippen molar-refractivity contribution < 1.29 is 4.39 Å². The van der Waals surface area contributed by atoms with Crippen molar-refractivity contribution in [3.05, 3.63) is 67.9 Å². The fourth-order valence-corrected chi connectivity index (χ4v) is 3.18. The maximum Gasteiger partial charge on any atom is 0.124 e. The molecule has 0 saturated heterocycles. The molecule has 0 fully saturated rings. The van der Waals surface area contributed by atoms with Crippen LogP contribution in [0.5, 0.6) is 0 Å². The van der Waals surface area contributed by atoms with Gasteiger partial charge in [-0.2, -0.15) is 0 Å². The Morgan fingerprint density at radius 2 is 1.75 bits per heavy atom. The van der Waals surface area contributed by atoms with E-state index in [1.807, 2.05) is 25.2 Å². The van der Waals surface area contributed by atoms with Gasteiger partial charge in [-0.3, -0.25) is 0 Å². The highest BCUT2D eigenvalue weighted by atomic mass is 79.9. The highest BCUT2D eigenvalue weighted by Crippen LogP contribution is 2.26. The van der Waals surface area contributed by atoms with Crippen LogP contribution in [0.1, 0.15) is 17.2 Å². The molecule has 0 aliphatic carbocycles. The number of benzene rings is 2. The number of nitrogens with one attached hydrogen (secondary N) is 1. The Bertz CT molecular complexity index is 578. The molecule has 0 spiro atoms. The molecule has 1 N–H and O–H groups in total. The van der Waals surface area contributed by atoms with E-state index >= 15 is 0 Å². The summed E-state index contributed by atoms with van der Waals surface area (Å²) in [5, 5.41) is 4.39. The first-order valence-corrected chi connectivity index (χ1v) is 7.61. The number of likely N-dealkylation sites (N-methyl/N-ethyl adjacent to an activating group) is 1. The molecule has 1 atom stereocenters. The van der Waals surface area contributed by atoms with Gasteiger partial charge < -0.3 is 5.32 Å². The average Bonchev–Trinajstić information content (AvgIpc) is 2.33. The van der Waals surface area contributed by atoms with E-state index in [0.29, 0.717) is 16.5 Å². The van der Waals surface area contributed by atoms with Gasteiger partial charge in [0.1, 0.15) is 5.82 Å². The van der Waals surface area contributed by atoms with Gasteiger partial charge in [-0.15, -0.1) is 0 Å². The van der Waals surface area contributed by atoms with Gasteiger partial charge in [0.15, 0.2) is 0 Å². The lowest BCUT2D eigenvalue weighted by Gasteiger charge is -2.18. The first kappa shape index (κ1) is 15.8. The van der Waals surface area contributed by atoms with Gasteiger partial charge in [0.05, 0.1) is 0 Å². The number of halogens is 4. The molecular formula is C15H13BrCl2FN. The fourth-order valence-electron chi connectivity index (χ4n) is 2.13. The predicted octanol–water partition coefficient (Wildman–Crippen LogP) is 5.40. The van der Waals surface area contributed by atoms with Gasteiger partial charge in [-0.05, 0) is 61.0 Å². The average molecular weight is 377 g/mol. The second-order valence-electron chi connectivity index (χ2n) is 4.53. The lowest BCUT2D eigenvalue weighted by Crippen LogP contribution is -2.19. The quantitative estimate of drug-likeness (QED) is 0.753. The molecule has 1 nitrogen and oxygen atoms in total. The topological polar surface area (TPSA) is 12.0 Å². The maximum absolute atomic E-state index is 13.4.